The number of benzene rings is 1. The minimum Gasteiger partial charge on any atom is -0.346 e. The van der Waals surface area contributed by atoms with E-state index in [4.69, 9.17) is 4.74 Å². The average Bonchev–Trinajstić information content (AvgIpc) is 3.18. The summed E-state index contributed by atoms with van der Waals surface area (Å²) in [4.78, 5) is 0. The fourth-order valence-electron chi connectivity index (χ4n) is 4.11. The molecular weight excluding hydrogens is 365 g/mol. The molecule has 0 amide bonds. The van der Waals surface area contributed by atoms with E-state index in [-0.39, 0.29) is 13.0 Å². The van der Waals surface area contributed by atoms with Gasteiger partial charge in [-0.25, -0.2) is 0 Å². The maximum atomic E-state index is 13.0. The summed E-state index contributed by atoms with van der Waals surface area (Å²) in [5.41, 5.74) is 1.84. The van der Waals surface area contributed by atoms with E-state index in [0.717, 1.165) is 36.3 Å². The maximum Gasteiger partial charge on any atom is 0.525 e. The van der Waals surface area contributed by atoms with Crippen molar-refractivity contribution in [1.82, 2.24) is 0 Å². The number of rotatable bonds is 9. The van der Waals surface area contributed by atoms with Crippen molar-refractivity contribution in [2.24, 2.45) is 5.92 Å². The molecule has 0 radical (unpaired) electrons. The second-order valence-corrected chi connectivity index (χ2v) is 7.77. The molecular formula is C23H29F3O2. The number of unbranched alkanes of at least 4 members (excludes halogenated alkanes) is 2. The monoisotopic (exact) mass is 394 g/mol. The summed E-state index contributed by atoms with van der Waals surface area (Å²) in [6.07, 6.45) is 9.54. The van der Waals surface area contributed by atoms with Crippen LogP contribution in [0.2, 0.25) is 0 Å². The lowest BCUT2D eigenvalue weighted by atomic mass is 9.96. The van der Waals surface area contributed by atoms with Crippen LogP contribution >= 0.6 is 0 Å². The second kappa shape index (κ2) is 9.75. The van der Waals surface area contributed by atoms with E-state index in [1.54, 1.807) is 12.2 Å². The lowest BCUT2D eigenvalue weighted by Gasteiger charge is -2.33. The Morgan fingerprint density at radius 3 is 2.39 bits per heavy atom. The van der Waals surface area contributed by atoms with Crippen molar-refractivity contribution in [1.29, 1.82) is 0 Å². The Kier molecular flexibility index (Phi) is 7.36. The number of ether oxygens (including phenoxy) is 2. The van der Waals surface area contributed by atoms with Crippen LogP contribution in [0.3, 0.4) is 0 Å². The van der Waals surface area contributed by atoms with Crippen LogP contribution in [-0.4, -0.2) is 18.8 Å². The van der Waals surface area contributed by atoms with Gasteiger partial charge in [0.2, 0.25) is 5.79 Å². The van der Waals surface area contributed by atoms with E-state index in [0.29, 0.717) is 0 Å². The Morgan fingerprint density at radius 2 is 1.75 bits per heavy atom. The second-order valence-electron chi connectivity index (χ2n) is 7.77. The van der Waals surface area contributed by atoms with E-state index in [2.05, 4.69) is 4.74 Å². The Balaban J connectivity index is 1.50. The maximum absolute atomic E-state index is 13.0. The van der Waals surface area contributed by atoms with Gasteiger partial charge in [0.15, 0.2) is 0 Å². The molecule has 28 heavy (non-hydrogen) atoms. The van der Waals surface area contributed by atoms with E-state index in [1.807, 2.05) is 30.3 Å². The van der Waals surface area contributed by atoms with E-state index in [1.165, 1.54) is 38.2 Å². The summed E-state index contributed by atoms with van der Waals surface area (Å²) in [5.74, 6) is -0.911. The summed E-state index contributed by atoms with van der Waals surface area (Å²) in [7, 11) is 0. The van der Waals surface area contributed by atoms with Crippen LogP contribution in [0.4, 0.5) is 13.2 Å². The number of allylic oxidation sites excluding steroid dienone is 2. The number of alkyl halides is 3. The molecule has 1 fully saturated rings. The fraction of sp³-hybridized carbons (Fsp3) is 0.565. The molecule has 1 unspecified atom stereocenters. The Bertz CT molecular complexity index is 660. The van der Waals surface area contributed by atoms with Crippen molar-refractivity contribution in [2.75, 3.05) is 6.61 Å². The highest BCUT2D eigenvalue weighted by Gasteiger charge is 2.43. The van der Waals surface area contributed by atoms with Crippen molar-refractivity contribution < 1.29 is 22.6 Å². The minimum absolute atomic E-state index is 0.0370. The first kappa shape index (κ1) is 21.1. The Morgan fingerprint density at radius 1 is 1.00 bits per heavy atom. The minimum atomic E-state index is -4.75. The number of halogens is 3. The highest BCUT2D eigenvalue weighted by molar-refractivity contribution is 5.75. The van der Waals surface area contributed by atoms with Gasteiger partial charge in [0.25, 0.3) is 0 Å². The molecule has 0 saturated heterocycles. The van der Waals surface area contributed by atoms with Crippen LogP contribution < -0.4 is 0 Å². The molecule has 0 aliphatic heterocycles. The lowest BCUT2D eigenvalue weighted by Crippen LogP contribution is -2.40. The van der Waals surface area contributed by atoms with Crippen LogP contribution in [0.15, 0.2) is 48.6 Å². The third-order valence-electron chi connectivity index (χ3n) is 5.60. The molecule has 0 aromatic heterocycles. The molecule has 0 heterocycles. The summed E-state index contributed by atoms with van der Waals surface area (Å²) >= 11 is 0. The summed E-state index contributed by atoms with van der Waals surface area (Å²) < 4.78 is 48.9. The number of hydrogen-bond donors (Lipinski definition) is 0. The molecule has 154 valence electrons. The Labute approximate surface area is 165 Å². The van der Waals surface area contributed by atoms with Crippen molar-refractivity contribution in [3.8, 4) is 0 Å². The van der Waals surface area contributed by atoms with Crippen molar-refractivity contribution in [2.45, 2.75) is 69.9 Å². The first-order chi connectivity index (χ1) is 13.5. The summed E-state index contributed by atoms with van der Waals surface area (Å²) in [6, 6.07) is 9.57. The SMILES string of the molecule is FC(F)(F)OC1(OCCCCCC2CCCC2)C=CC(c2ccccc2)=CC1. The van der Waals surface area contributed by atoms with Gasteiger partial charge >= 0.3 is 6.36 Å². The highest BCUT2D eigenvalue weighted by Crippen LogP contribution is 2.36. The van der Waals surface area contributed by atoms with E-state index < -0.39 is 12.1 Å². The molecule has 5 heteroatoms. The summed E-state index contributed by atoms with van der Waals surface area (Å²) in [5, 5.41) is 0. The van der Waals surface area contributed by atoms with Gasteiger partial charge in [0.05, 0.1) is 6.61 Å². The first-order valence-corrected chi connectivity index (χ1v) is 10.3. The third-order valence-corrected chi connectivity index (χ3v) is 5.60. The third kappa shape index (κ3) is 6.49. The zero-order valence-corrected chi connectivity index (χ0v) is 16.2. The standard InChI is InChI=1S/C23H29F3O2/c24-23(25,26)28-22(27-18-8-2-3-9-19-10-6-7-11-19)16-14-21(15-17-22)20-12-4-1-5-13-20/h1,4-5,12-16,19H,2-3,6-11,17-18H2. The molecule has 1 aromatic rings. The molecule has 1 aromatic carbocycles. The lowest BCUT2D eigenvalue weighted by molar-refractivity contribution is -0.403. The average molecular weight is 394 g/mol. The smallest absolute Gasteiger partial charge is 0.346 e. The topological polar surface area (TPSA) is 18.5 Å². The van der Waals surface area contributed by atoms with Gasteiger partial charge in [0, 0.05) is 6.42 Å². The zero-order valence-electron chi connectivity index (χ0n) is 16.2. The quantitative estimate of drug-likeness (QED) is 0.331. The van der Waals surface area contributed by atoms with Crippen LogP contribution in [0.25, 0.3) is 5.57 Å². The van der Waals surface area contributed by atoms with Gasteiger partial charge in [-0.2, -0.15) is 0 Å². The molecule has 0 N–H and O–H groups in total. The van der Waals surface area contributed by atoms with E-state index >= 15 is 0 Å². The fourth-order valence-corrected chi connectivity index (χ4v) is 4.11. The van der Waals surface area contributed by atoms with Crippen molar-refractivity contribution in [3.63, 3.8) is 0 Å². The molecule has 2 nitrogen and oxygen atoms in total. The van der Waals surface area contributed by atoms with Crippen LogP contribution in [0.1, 0.15) is 63.4 Å². The zero-order chi connectivity index (χ0) is 19.9. The van der Waals surface area contributed by atoms with Gasteiger partial charge in [0.1, 0.15) is 0 Å². The normalized spacial score (nSPS) is 23.2. The highest BCUT2D eigenvalue weighted by atomic mass is 19.4. The van der Waals surface area contributed by atoms with Crippen LogP contribution in [-0.2, 0) is 9.47 Å². The predicted octanol–water partition coefficient (Wildman–Crippen LogP) is 7.03. The molecule has 0 bridgehead atoms. The van der Waals surface area contributed by atoms with Crippen molar-refractivity contribution in [3.05, 3.63) is 54.1 Å². The molecule has 2 aliphatic carbocycles. The first-order valence-electron chi connectivity index (χ1n) is 10.3. The van der Waals surface area contributed by atoms with Crippen LogP contribution in [0.5, 0.6) is 0 Å². The number of hydrogen-bond acceptors (Lipinski definition) is 2. The van der Waals surface area contributed by atoms with Crippen molar-refractivity contribution >= 4 is 5.57 Å². The van der Waals surface area contributed by atoms with Gasteiger partial charge in [-0.05, 0) is 29.6 Å². The largest absolute Gasteiger partial charge is 0.525 e. The molecule has 1 atom stereocenters. The molecule has 3 rings (SSSR count). The Hall–Kier alpha value is -1.59. The van der Waals surface area contributed by atoms with Crippen LogP contribution in [0, 0.1) is 5.92 Å². The van der Waals surface area contributed by atoms with Gasteiger partial charge in [-0.1, -0.05) is 87.4 Å². The molecule has 2 aliphatic rings. The molecule has 0 spiro atoms. The van der Waals surface area contributed by atoms with E-state index in [9.17, 15) is 13.2 Å². The predicted molar refractivity (Wildman–Crippen MR) is 104 cm³/mol. The van der Waals surface area contributed by atoms with Gasteiger partial charge in [-0.3, -0.25) is 4.74 Å². The van der Waals surface area contributed by atoms with Gasteiger partial charge in [-0.15, -0.1) is 13.2 Å². The molecule has 1 saturated carbocycles. The summed E-state index contributed by atoms with van der Waals surface area (Å²) in [6.45, 7) is 0.263. The van der Waals surface area contributed by atoms with Gasteiger partial charge < -0.3 is 4.74 Å².